The molecule has 0 rings (SSSR count). The third kappa shape index (κ3) is 3.98. The van der Waals surface area contributed by atoms with E-state index >= 15 is 0 Å². The molecule has 44 valence electrons. The second-order valence-electron chi connectivity index (χ2n) is 0.738. The summed E-state index contributed by atoms with van der Waals surface area (Å²) < 4.78 is 4.69. The van der Waals surface area contributed by atoms with E-state index in [1.807, 2.05) is 6.26 Å². The Bertz CT molecular complexity index is 34.4. The summed E-state index contributed by atoms with van der Waals surface area (Å²) in [7, 11) is -0.409. The summed E-state index contributed by atoms with van der Waals surface area (Å²) in [5, 5.41) is 0. The molecule has 0 saturated heterocycles. The van der Waals surface area contributed by atoms with Gasteiger partial charge in [-0.25, -0.2) is 0 Å². The maximum Gasteiger partial charge on any atom is 0.115 e. The van der Waals surface area contributed by atoms with Crippen molar-refractivity contribution in [3.63, 3.8) is 0 Å². The first kappa shape index (κ1) is 8.44. The van der Waals surface area contributed by atoms with Gasteiger partial charge in [-0.3, -0.25) is 3.97 Å². The van der Waals surface area contributed by atoms with E-state index in [4.69, 9.17) is 3.97 Å². The van der Waals surface area contributed by atoms with Crippen LogP contribution in [0.1, 0.15) is 0 Å². The Morgan fingerprint density at radius 2 is 2.43 bits per heavy atom. The van der Waals surface area contributed by atoms with Crippen molar-refractivity contribution in [2.24, 2.45) is 0 Å². The molecule has 0 aromatic heterocycles. The van der Waals surface area contributed by atoms with Gasteiger partial charge in [-0.15, -0.1) is 11.4 Å². The van der Waals surface area contributed by atoms with Crippen LogP contribution in [0.25, 0.3) is 0 Å². The van der Waals surface area contributed by atoms with Gasteiger partial charge in [0.05, 0.1) is 0 Å². The second-order valence-corrected chi connectivity index (χ2v) is 5.87. The first-order chi connectivity index (χ1) is 3.35. The molecule has 0 aliphatic heterocycles. The highest BCUT2D eigenvalue weighted by molar-refractivity contribution is 8.55. The zero-order valence-corrected chi connectivity index (χ0v) is 7.37. The number of thiol groups is 2. The number of hydrogen-bond acceptors (Lipinski definition) is 4. The van der Waals surface area contributed by atoms with Crippen molar-refractivity contribution in [1.29, 1.82) is 0 Å². The fourth-order valence-electron chi connectivity index (χ4n) is 0.117. The molecule has 0 spiro atoms. The Morgan fingerprint density at radius 1 is 1.86 bits per heavy atom. The van der Waals surface area contributed by atoms with E-state index in [-0.39, 0.29) is 0 Å². The Morgan fingerprint density at radius 3 is 2.43 bits per heavy atom. The fraction of sp³-hybridized carbons (Fsp3) is 1.00. The molecule has 7 heavy (non-hydrogen) atoms. The van der Waals surface area contributed by atoms with Gasteiger partial charge in [-0.1, -0.05) is 0 Å². The molecule has 5 heteroatoms. The lowest BCUT2D eigenvalue weighted by Crippen LogP contribution is -1.64. The maximum absolute atomic E-state index is 4.69. The van der Waals surface area contributed by atoms with Gasteiger partial charge in [0.25, 0.3) is 0 Å². The van der Waals surface area contributed by atoms with Gasteiger partial charge in [-0.2, -0.15) is 12.6 Å². The van der Waals surface area contributed by atoms with Crippen LogP contribution in [-0.4, -0.2) is 11.7 Å². The lowest BCUT2D eigenvalue weighted by Gasteiger charge is -2.03. The van der Waals surface area contributed by atoms with Crippen LogP contribution < -0.4 is 0 Å². The molecular formula is C2H7OPS3. The molecule has 0 fully saturated rings. The molecule has 1 unspecified atom stereocenters. The van der Waals surface area contributed by atoms with Crippen LogP contribution in [-0.2, 0) is 3.97 Å². The Balaban J connectivity index is 2.99. The number of hydrogen-bond donors (Lipinski definition) is 2. The summed E-state index contributed by atoms with van der Waals surface area (Å²) in [6, 6.07) is 0. The molecule has 0 heterocycles. The third-order valence-corrected chi connectivity index (χ3v) is 5.33. The molecule has 1 nitrogen and oxygen atoms in total. The fourth-order valence-corrected chi connectivity index (χ4v) is 3.16. The average molecular weight is 174 g/mol. The van der Waals surface area contributed by atoms with Gasteiger partial charge < -0.3 is 0 Å². The summed E-state index contributed by atoms with van der Waals surface area (Å²) in [6.07, 6.45) is 1.98. The van der Waals surface area contributed by atoms with Crippen molar-refractivity contribution in [3.05, 3.63) is 0 Å². The Hall–Kier alpha value is 1.44. The lowest BCUT2D eigenvalue weighted by molar-refractivity contribution is 0.756. The van der Waals surface area contributed by atoms with Crippen molar-refractivity contribution >= 4 is 44.3 Å². The van der Waals surface area contributed by atoms with Crippen molar-refractivity contribution in [3.8, 4) is 0 Å². The summed E-state index contributed by atoms with van der Waals surface area (Å²) in [4.78, 5) is 0. The maximum atomic E-state index is 4.69. The van der Waals surface area contributed by atoms with Crippen LogP contribution in [0.5, 0.6) is 0 Å². The average Bonchev–Trinajstić information content (AvgIpc) is 1.72. The van der Waals surface area contributed by atoms with E-state index in [9.17, 15) is 0 Å². The minimum absolute atomic E-state index is 0.409. The predicted molar refractivity (Wildman–Crippen MR) is 44.4 cm³/mol. The SMILES string of the molecule is CSP(CS)OS. The Labute approximate surface area is 60.2 Å². The first-order valence-electron chi connectivity index (χ1n) is 1.59. The van der Waals surface area contributed by atoms with Crippen molar-refractivity contribution < 1.29 is 3.97 Å². The van der Waals surface area contributed by atoms with Crippen LogP contribution in [0.2, 0.25) is 0 Å². The number of rotatable bonds is 3. The van der Waals surface area contributed by atoms with Gasteiger partial charge in [0.15, 0.2) is 0 Å². The minimum Gasteiger partial charge on any atom is -0.285 e. The highest BCUT2D eigenvalue weighted by Crippen LogP contribution is 2.50. The van der Waals surface area contributed by atoms with Crippen molar-refractivity contribution in [2.75, 3.05) is 11.7 Å². The van der Waals surface area contributed by atoms with E-state index in [0.29, 0.717) is 0 Å². The van der Waals surface area contributed by atoms with Crippen LogP contribution >= 0.6 is 44.3 Å². The summed E-state index contributed by atoms with van der Waals surface area (Å²) in [5.41, 5.74) is 0.778. The quantitative estimate of drug-likeness (QED) is 0.386. The molecule has 0 N–H and O–H groups in total. The molecular weight excluding hydrogens is 167 g/mol. The monoisotopic (exact) mass is 174 g/mol. The van der Waals surface area contributed by atoms with Gasteiger partial charge in [-0.05, 0) is 19.2 Å². The van der Waals surface area contributed by atoms with Crippen LogP contribution in [0.3, 0.4) is 0 Å². The zero-order chi connectivity index (χ0) is 5.70. The molecule has 0 radical (unpaired) electrons. The van der Waals surface area contributed by atoms with E-state index in [1.54, 1.807) is 11.4 Å². The molecule has 0 aromatic rings. The smallest absolute Gasteiger partial charge is 0.115 e. The molecule has 0 aliphatic rings. The van der Waals surface area contributed by atoms with E-state index in [1.165, 1.54) is 0 Å². The van der Waals surface area contributed by atoms with Gasteiger partial charge in [0, 0.05) is 5.49 Å². The topological polar surface area (TPSA) is 9.23 Å². The lowest BCUT2D eigenvalue weighted by atomic mass is 11.9. The molecule has 0 aliphatic carbocycles. The normalized spacial score (nSPS) is 14.1. The second kappa shape index (κ2) is 5.57. The third-order valence-electron chi connectivity index (χ3n) is 0.410. The summed E-state index contributed by atoms with van der Waals surface area (Å²) >= 11 is 9.30. The van der Waals surface area contributed by atoms with Crippen LogP contribution in [0.4, 0.5) is 0 Å². The van der Waals surface area contributed by atoms with Crippen molar-refractivity contribution in [1.82, 2.24) is 0 Å². The summed E-state index contributed by atoms with van der Waals surface area (Å²) in [6.45, 7) is 0. The van der Waals surface area contributed by atoms with Crippen LogP contribution in [0, 0.1) is 0 Å². The zero-order valence-electron chi connectivity index (χ0n) is 3.87. The van der Waals surface area contributed by atoms with E-state index in [0.717, 1.165) is 5.49 Å². The Kier molecular flexibility index (Phi) is 6.72. The highest BCUT2D eigenvalue weighted by Gasteiger charge is 1.99. The summed E-state index contributed by atoms with van der Waals surface area (Å²) in [5.74, 6) is 0. The van der Waals surface area contributed by atoms with Gasteiger partial charge in [0.2, 0.25) is 0 Å². The van der Waals surface area contributed by atoms with Crippen molar-refractivity contribution in [2.45, 2.75) is 0 Å². The van der Waals surface area contributed by atoms with Gasteiger partial charge in [0.1, 0.15) is 7.35 Å². The molecule has 1 atom stereocenters. The standard InChI is InChI=1S/C2H7OPS3/c1-7-4(2-5)3-6/h5-6H,2H2,1H3. The molecule has 0 saturated carbocycles. The van der Waals surface area contributed by atoms with Gasteiger partial charge >= 0.3 is 0 Å². The minimum atomic E-state index is -0.409. The predicted octanol–water partition coefficient (Wildman–Crippen LogP) is 2.41. The molecule has 0 amide bonds. The van der Waals surface area contributed by atoms with Crippen LogP contribution in [0.15, 0.2) is 0 Å². The molecule has 0 bridgehead atoms. The van der Waals surface area contributed by atoms with E-state index in [2.05, 4.69) is 25.5 Å². The highest BCUT2D eigenvalue weighted by atomic mass is 32.7. The molecule has 0 aromatic carbocycles. The largest absolute Gasteiger partial charge is 0.285 e. The van der Waals surface area contributed by atoms with E-state index < -0.39 is 7.35 Å². The first-order valence-corrected chi connectivity index (χ1v) is 5.86.